The van der Waals surface area contributed by atoms with E-state index >= 15 is 0 Å². The Bertz CT molecular complexity index is 621. The van der Waals surface area contributed by atoms with Crippen LogP contribution in [0.4, 0.5) is 17.6 Å². The molecule has 0 atom stereocenters. The molecule has 2 aromatic heterocycles. The Morgan fingerprint density at radius 1 is 1.29 bits per heavy atom. The summed E-state index contributed by atoms with van der Waals surface area (Å²) in [4.78, 5) is 15.2. The number of carbonyl (C=O) groups is 1. The van der Waals surface area contributed by atoms with E-state index < -0.39 is 24.4 Å². The molecule has 2 rings (SSSR count). The standard InChI is InChI=1S/C12H10F4N4O/c13-9-1-2-10(17-5-9)11(21)18-3-8-4-19-20(6-8)7-12(14,15)16/h1-2,4-6H,3,7H2,(H,18,21). The number of amides is 1. The van der Waals surface area contributed by atoms with Crippen LogP contribution in [0.2, 0.25) is 0 Å². The molecular formula is C12H10F4N4O. The number of halogens is 4. The molecule has 0 spiro atoms. The van der Waals surface area contributed by atoms with Crippen LogP contribution in [0.1, 0.15) is 16.1 Å². The van der Waals surface area contributed by atoms with E-state index in [-0.39, 0.29) is 12.2 Å². The Morgan fingerprint density at radius 3 is 2.67 bits per heavy atom. The van der Waals surface area contributed by atoms with Gasteiger partial charge in [-0.1, -0.05) is 0 Å². The van der Waals surface area contributed by atoms with Gasteiger partial charge in [0, 0.05) is 18.3 Å². The lowest BCUT2D eigenvalue weighted by Gasteiger charge is -2.05. The lowest BCUT2D eigenvalue weighted by molar-refractivity contribution is -0.142. The Morgan fingerprint density at radius 2 is 2.05 bits per heavy atom. The van der Waals surface area contributed by atoms with Crippen LogP contribution in [0.5, 0.6) is 0 Å². The number of hydrogen-bond acceptors (Lipinski definition) is 3. The van der Waals surface area contributed by atoms with Gasteiger partial charge in [-0.3, -0.25) is 9.48 Å². The van der Waals surface area contributed by atoms with Crippen molar-refractivity contribution >= 4 is 5.91 Å². The largest absolute Gasteiger partial charge is 0.408 e. The van der Waals surface area contributed by atoms with Crippen LogP contribution in [0, 0.1) is 5.82 Å². The lowest BCUT2D eigenvalue weighted by atomic mass is 10.3. The highest BCUT2D eigenvalue weighted by atomic mass is 19.4. The number of rotatable bonds is 4. The van der Waals surface area contributed by atoms with Crippen LogP contribution in [0.25, 0.3) is 0 Å². The number of aromatic nitrogens is 3. The minimum atomic E-state index is -4.36. The molecule has 0 aliphatic rings. The van der Waals surface area contributed by atoms with E-state index in [1.165, 1.54) is 18.5 Å². The van der Waals surface area contributed by atoms with Crippen molar-refractivity contribution in [2.24, 2.45) is 0 Å². The van der Waals surface area contributed by atoms with Gasteiger partial charge in [0.1, 0.15) is 18.1 Å². The molecule has 112 valence electrons. The number of pyridine rings is 1. The average molecular weight is 302 g/mol. The topological polar surface area (TPSA) is 59.8 Å². The van der Waals surface area contributed by atoms with E-state index in [1.54, 1.807) is 0 Å². The molecule has 0 radical (unpaired) electrons. The second kappa shape index (κ2) is 5.90. The average Bonchev–Trinajstić information content (AvgIpc) is 2.82. The zero-order valence-corrected chi connectivity index (χ0v) is 10.6. The van der Waals surface area contributed by atoms with Crippen molar-refractivity contribution in [1.29, 1.82) is 0 Å². The molecule has 0 saturated heterocycles. The van der Waals surface area contributed by atoms with Gasteiger partial charge < -0.3 is 5.32 Å². The maximum absolute atomic E-state index is 12.6. The summed E-state index contributed by atoms with van der Waals surface area (Å²) in [6.07, 6.45) is -1.04. The smallest absolute Gasteiger partial charge is 0.347 e. The second-order valence-electron chi connectivity index (χ2n) is 4.21. The highest BCUT2D eigenvalue weighted by molar-refractivity contribution is 5.92. The van der Waals surface area contributed by atoms with Crippen LogP contribution in [-0.2, 0) is 13.1 Å². The molecule has 2 heterocycles. The Balaban J connectivity index is 1.91. The van der Waals surface area contributed by atoms with E-state index in [0.717, 1.165) is 16.9 Å². The molecule has 0 saturated carbocycles. The van der Waals surface area contributed by atoms with E-state index in [0.29, 0.717) is 5.56 Å². The lowest BCUT2D eigenvalue weighted by Crippen LogP contribution is -2.23. The molecule has 9 heteroatoms. The third kappa shape index (κ3) is 4.55. The minimum absolute atomic E-state index is 0.00422. The van der Waals surface area contributed by atoms with Crippen molar-refractivity contribution < 1.29 is 22.4 Å². The monoisotopic (exact) mass is 302 g/mol. The molecular weight excluding hydrogens is 292 g/mol. The fourth-order valence-corrected chi connectivity index (χ4v) is 1.55. The van der Waals surface area contributed by atoms with Crippen LogP contribution in [-0.4, -0.2) is 26.8 Å². The molecule has 0 bridgehead atoms. The van der Waals surface area contributed by atoms with Crippen molar-refractivity contribution in [3.63, 3.8) is 0 Å². The van der Waals surface area contributed by atoms with E-state index in [1.807, 2.05) is 0 Å². The van der Waals surface area contributed by atoms with Gasteiger partial charge in [0.25, 0.3) is 5.91 Å². The highest BCUT2D eigenvalue weighted by Gasteiger charge is 2.28. The fraction of sp³-hybridized carbons (Fsp3) is 0.250. The molecule has 1 N–H and O–H groups in total. The summed E-state index contributed by atoms with van der Waals surface area (Å²) in [5.41, 5.74) is 0.425. The molecule has 0 unspecified atom stereocenters. The predicted octanol–water partition coefficient (Wildman–Crippen LogP) is 1.91. The summed E-state index contributed by atoms with van der Waals surface area (Å²) in [7, 11) is 0. The van der Waals surface area contributed by atoms with E-state index in [2.05, 4.69) is 15.4 Å². The Hall–Kier alpha value is -2.45. The quantitative estimate of drug-likeness (QED) is 0.878. The van der Waals surface area contributed by atoms with Crippen LogP contribution in [0.3, 0.4) is 0 Å². The van der Waals surface area contributed by atoms with Crippen molar-refractivity contribution in [3.05, 3.63) is 47.8 Å². The molecule has 5 nitrogen and oxygen atoms in total. The van der Waals surface area contributed by atoms with Gasteiger partial charge in [0.05, 0.1) is 12.4 Å². The molecule has 0 aliphatic carbocycles. The SMILES string of the molecule is O=C(NCc1cnn(CC(F)(F)F)c1)c1ccc(F)cn1. The van der Waals surface area contributed by atoms with Crippen molar-refractivity contribution in [3.8, 4) is 0 Å². The number of nitrogens with one attached hydrogen (secondary N) is 1. The summed E-state index contributed by atoms with van der Waals surface area (Å²) in [5, 5.41) is 6.00. The molecule has 0 fully saturated rings. The zero-order valence-electron chi connectivity index (χ0n) is 10.6. The normalized spacial score (nSPS) is 11.4. The van der Waals surface area contributed by atoms with E-state index in [4.69, 9.17) is 0 Å². The zero-order chi connectivity index (χ0) is 15.5. The van der Waals surface area contributed by atoms with Crippen LogP contribution in [0.15, 0.2) is 30.7 Å². The Kier molecular flexibility index (Phi) is 4.20. The number of alkyl halides is 3. The summed E-state index contributed by atoms with van der Waals surface area (Å²) < 4.78 is 49.8. The summed E-state index contributed by atoms with van der Waals surface area (Å²) in [6, 6.07) is 2.29. The van der Waals surface area contributed by atoms with Crippen LogP contribution >= 0.6 is 0 Å². The van der Waals surface area contributed by atoms with Crippen molar-refractivity contribution in [2.45, 2.75) is 19.3 Å². The van der Waals surface area contributed by atoms with Gasteiger partial charge in [-0.2, -0.15) is 18.3 Å². The molecule has 21 heavy (non-hydrogen) atoms. The van der Waals surface area contributed by atoms with Gasteiger partial charge in [0.15, 0.2) is 0 Å². The molecule has 1 amide bonds. The van der Waals surface area contributed by atoms with Crippen molar-refractivity contribution in [1.82, 2.24) is 20.1 Å². The maximum atomic E-state index is 12.6. The molecule has 0 aromatic carbocycles. The number of nitrogens with zero attached hydrogens (tertiary/aromatic N) is 3. The van der Waals surface area contributed by atoms with Crippen molar-refractivity contribution in [2.75, 3.05) is 0 Å². The first-order chi connectivity index (χ1) is 9.83. The highest BCUT2D eigenvalue weighted by Crippen LogP contribution is 2.17. The summed E-state index contributed by atoms with van der Waals surface area (Å²) in [6.45, 7) is -1.20. The van der Waals surface area contributed by atoms with Crippen LogP contribution < -0.4 is 5.32 Å². The van der Waals surface area contributed by atoms with Gasteiger partial charge >= 0.3 is 6.18 Å². The van der Waals surface area contributed by atoms with Gasteiger partial charge in [-0.05, 0) is 12.1 Å². The maximum Gasteiger partial charge on any atom is 0.408 e. The first-order valence-corrected chi connectivity index (χ1v) is 5.81. The predicted molar refractivity (Wildman–Crippen MR) is 63.6 cm³/mol. The fourth-order valence-electron chi connectivity index (χ4n) is 1.55. The summed E-state index contributed by atoms with van der Waals surface area (Å²) >= 11 is 0. The molecule has 2 aromatic rings. The minimum Gasteiger partial charge on any atom is -0.347 e. The molecule has 0 aliphatic heterocycles. The van der Waals surface area contributed by atoms with Gasteiger partial charge in [0.2, 0.25) is 0 Å². The van der Waals surface area contributed by atoms with Gasteiger partial charge in [-0.15, -0.1) is 0 Å². The summed E-state index contributed by atoms with van der Waals surface area (Å²) in [5.74, 6) is -1.13. The first-order valence-electron chi connectivity index (χ1n) is 5.81. The van der Waals surface area contributed by atoms with E-state index in [9.17, 15) is 22.4 Å². The Labute approximate surface area is 116 Å². The second-order valence-corrected chi connectivity index (χ2v) is 4.21. The number of carbonyl (C=O) groups excluding carboxylic acids is 1. The number of hydrogen-bond donors (Lipinski definition) is 1. The third-order valence-corrected chi connectivity index (χ3v) is 2.44. The third-order valence-electron chi connectivity index (χ3n) is 2.44. The first kappa shape index (κ1) is 14.9. The van der Waals surface area contributed by atoms with Gasteiger partial charge in [-0.25, -0.2) is 9.37 Å².